The second-order valence-electron chi connectivity index (χ2n) is 6.58. The van der Waals surface area contributed by atoms with Gasteiger partial charge in [0.1, 0.15) is 11.5 Å². The molecule has 0 spiro atoms. The molecule has 1 aromatic carbocycles. The molecule has 4 rings (SSSR count). The summed E-state index contributed by atoms with van der Waals surface area (Å²) in [5.74, 6) is 2.11. The highest BCUT2D eigenvalue weighted by atomic mass is 16.3. The second-order valence-corrected chi connectivity index (χ2v) is 6.58. The van der Waals surface area contributed by atoms with E-state index in [1.54, 1.807) is 6.20 Å². The van der Waals surface area contributed by atoms with Crippen LogP contribution in [0.15, 0.2) is 47.0 Å². The van der Waals surface area contributed by atoms with Gasteiger partial charge >= 0.3 is 0 Å². The highest BCUT2D eigenvalue weighted by molar-refractivity contribution is 5.55. The molecule has 1 aliphatic heterocycles. The van der Waals surface area contributed by atoms with Gasteiger partial charge < -0.3 is 14.6 Å². The van der Waals surface area contributed by atoms with Gasteiger partial charge in [-0.25, -0.2) is 4.98 Å². The van der Waals surface area contributed by atoms with Gasteiger partial charge in [0.15, 0.2) is 5.76 Å². The van der Waals surface area contributed by atoms with Gasteiger partial charge in [-0.3, -0.25) is 0 Å². The van der Waals surface area contributed by atoms with Crippen LogP contribution in [-0.2, 0) is 6.42 Å². The van der Waals surface area contributed by atoms with Crippen LogP contribution in [-0.4, -0.2) is 34.8 Å². The van der Waals surface area contributed by atoms with Crippen molar-refractivity contribution in [3.8, 4) is 11.5 Å². The topological polar surface area (TPSA) is 67.1 Å². The summed E-state index contributed by atoms with van der Waals surface area (Å²) in [6, 6.07) is 12.5. The number of anilines is 2. The highest BCUT2D eigenvalue weighted by Gasteiger charge is 2.15. The number of aromatic nitrogens is 3. The lowest BCUT2D eigenvalue weighted by Crippen LogP contribution is -2.31. The number of para-hydroxylation sites is 1. The maximum absolute atomic E-state index is 5.60. The number of hydrogen-bond acceptors (Lipinski definition) is 6. The summed E-state index contributed by atoms with van der Waals surface area (Å²) in [4.78, 5) is 6.96. The first-order valence-electron chi connectivity index (χ1n) is 9.13. The summed E-state index contributed by atoms with van der Waals surface area (Å²) in [6.45, 7) is 4.87. The van der Waals surface area contributed by atoms with Crippen molar-refractivity contribution in [2.24, 2.45) is 0 Å². The summed E-state index contributed by atoms with van der Waals surface area (Å²) < 4.78 is 5.60. The molecule has 0 bridgehead atoms. The highest BCUT2D eigenvalue weighted by Crippen LogP contribution is 2.26. The second kappa shape index (κ2) is 7.56. The van der Waals surface area contributed by atoms with Crippen molar-refractivity contribution in [2.45, 2.75) is 26.2 Å². The van der Waals surface area contributed by atoms with E-state index in [4.69, 9.17) is 4.42 Å². The third kappa shape index (κ3) is 3.69. The fourth-order valence-corrected chi connectivity index (χ4v) is 3.38. The van der Waals surface area contributed by atoms with Crippen LogP contribution in [0.1, 0.15) is 24.2 Å². The van der Waals surface area contributed by atoms with Crippen molar-refractivity contribution in [1.29, 1.82) is 0 Å². The van der Waals surface area contributed by atoms with Gasteiger partial charge in [-0.1, -0.05) is 18.2 Å². The number of nitrogens with zero attached hydrogens (tertiary/aromatic N) is 4. The van der Waals surface area contributed by atoms with Crippen LogP contribution in [0.2, 0.25) is 0 Å². The number of nitrogens with one attached hydrogen (secondary N) is 1. The van der Waals surface area contributed by atoms with Crippen LogP contribution in [0.4, 0.5) is 11.6 Å². The number of rotatable bonds is 6. The summed E-state index contributed by atoms with van der Waals surface area (Å²) >= 11 is 0. The third-order valence-electron chi connectivity index (χ3n) is 4.65. The van der Waals surface area contributed by atoms with Crippen molar-refractivity contribution < 1.29 is 4.42 Å². The van der Waals surface area contributed by atoms with Crippen LogP contribution in [0.25, 0.3) is 11.5 Å². The standard InChI is InChI=1S/C20H23N5O/c1-15-9-10-19(26-15)17-14-22-24-20(23-17)21-11-5-13-25-12-4-7-16-6-2-3-8-18(16)25/h2-3,6,8-10,14H,4-5,7,11-13H2,1H3,(H,21,23,24). The van der Waals surface area contributed by atoms with E-state index in [9.17, 15) is 0 Å². The summed E-state index contributed by atoms with van der Waals surface area (Å²) in [5.41, 5.74) is 3.54. The minimum Gasteiger partial charge on any atom is -0.460 e. The third-order valence-corrected chi connectivity index (χ3v) is 4.65. The molecule has 0 fully saturated rings. The lowest BCUT2D eigenvalue weighted by atomic mass is 10.0. The molecule has 1 aliphatic rings. The van der Waals surface area contributed by atoms with E-state index in [2.05, 4.69) is 49.7 Å². The molecule has 26 heavy (non-hydrogen) atoms. The molecule has 1 N–H and O–H groups in total. The van der Waals surface area contributed by atoms with Crippen LogP contribution in [0, 0.1) is 6.92 Å². The largest absolute Gasteiger partial charge is 0.460 e. The number of aryl methyl sites for hydroxylation is 2. The van der Waals surface area contributed by atoms with Gasteiger partial charge in [-0.05, 0) is 49.9 Å². The number of hydrogen-bond donors (Lipinski definition) is 1. The Morgan fingerprint density at radius 2 is 2.12 bits per heavy atom. The molecule has 0 atom stereocenters. The fourth-order valence-electron chi connectivity index (χ4n) is 3.38. The number of fused-ring (bicyclic) bond motifs is 1. The van der Waals surface area contributed by atoms with Crippen LogP contribution in [0.5, 0.6) is 0 Å². The minimum absolute atomic E-state index is 0.538. The van der Waals surface area contributed by atoms with Gasteiger partial charge in [0.2, 0.25) is 5.95 Å². The van der Waals surface area contributed by atoms with Gasteiger partial charge in [0.25, 0.3) is 0 Å². The van der Waals surface area contributed by atoms with E-state index in [1.165, 1.54) is 24.1 Å². The number of furan rings is 1. The molecule has 0 aliphatic carbocycles. The van der Waals surface area contributed by atoms with E-state index in [0.717, 1.165) is 31.8 Å². The maximum atomic E-state index is 5.60. The summed E-state index contributed by atoms with van der Waals surface area (Å²) in [7, 11) is 0. The van der Waals surface area contributed by atoms with Gasteiger partial charge in [-0.15, -0.1) is 5.10 Å². The molecule has 3 aromatic rings. The summed E-state index contributed by atoms with van der Waals surface area (Å²) in [5, 5.41) is 11.4. The van der Waals surface area contributed by atoms with Crippen molar-refractivity contribution in [3.05, 3.63) is 53.9 Å². The Balaban J connectivity index is 1.32. The number of benzene rings is 1. The van der Waals surface area contributed by atoms with Crippen molar-refractivity contribution in [3.63, 3.8) is 0 Å². The van der Waals surface area contributed by atoms with Crippen molar-refractivity contribution in [2.75, 3.05) is 29.9 Å². The minimum atomic E-state index is 0.538. The average Bonchev–Trinajstić information content (AvgIpc) is 3.12. The molecule has 0 saturated carbocycles. The first kappa shape index (κ1) is 16.6. The quantitative estimate of drug-likeness (QED) is 0.685. The smallest absolute Gasteiger partial charge is 0.243 e. The Bertz CT molecular complexity index is 876. The zero-order valence-corrected chi connectivity index (χ0v) is 15.0. The Kier molecular flexibility index (Phi) is 4.82. The monoisotopic (exact) mass is 349 g/mol. The molecule has 3 heterocycles. The van der Waals surface area contributed by atoms with Gasteiger partial charge in [0.05, 0.1) is 6.20 Å². The molecular formula is C20H23N5O. The molecule has 6 nitrogen and oxygen atoms in total. The molecule has 0 amide bonds. The first-order chi connectivity index (χ1) is 12.8. The molecule has 0 unspecified atom stereocenters. The fraction of sp³-hybridized carbons (Fsp3) is 0.350. The molecule has 134 valence electrons. The van der Waals surface area contributed by atoms with Gasteiger partial charge in [0, 0.05) is 25.3 Å². The van der Waals surface area contributed by atoms with Crippen molar-refractivity contribution in [1.82, 2.24) is 15.2 Å². The molecule has 0 saturated heterocycles. The summed E-state index contributed by atoms with van der Waals surface area (Å²) in [6.07, 6.45) is 5.04. The Morgan fingerprint density at radius 1 is 1.19 bits per heavy atom. The van der Waals surface area contributed by atoms with E-state index >= 15 is 0 Å². The molecule has 2 aromatic heterocycles. The maximum Gasteiger partial charge on any atom is 0.243 e. The molecular weight excluding hydrogens is 326 g/mol. The Morgan fingerprint density at radius 3 is 3.00 bits per heavy atom. The molecule has 0 radical (unpaired) electrons. The van der Waals surface area contributed by atoms with Crippen LogP contribution >= 0.6 is 0 Å². The van der Waals surface area contributed by atoms with E-state index in [-0.39, 0.29) is 0 Å². The first-order valence-corrected chi connectivity index (χ1v) is 9.13. The SMILES string of the molecule is Cc1ccc(-c2cnnc(NCCCN3CCCc4ccccc43)n2)o1. The Hall–Kier alpha value is -2.89. The normalized spacial score (nSPS) is 13.5. The lowest BCUT2D eigenvalue weighted by molar-refractivity contribution is 0.545. The van der Waals surface area contributed by atoms with Gasteiger partial charge in [-0.2, -0.15) is 5.10 Å². The van der Waals surface area contributed by atoms with E-state index in [1.807, 2.05) is 19.1 Å². The predicted octanol–water partition coefficient (Wildman–Crippen LogP) is 3.69. The van der Waals surface area contributed by atoms with Crippen LogP contribution < -0.4 is 10.2 Å². The van der Waals surface area contributed by atoms with E-state index in [0.29, 0.717) is 17.4 Å². The van der Waals surface area contributed by atoms with E-state index < -0.39 is 0 Å². The lowest BCUT2D eigenvalue weighted by Gasteiger charge is -2.31. The van der Waals surface area contributed by atoms with Crippen molar-refractivity contribution >= 4 is 11.6 Å². The Labute approximate surface area is 153 Å². The predicted molar refractivity (Wildman–Crippen MR) is 102 cm³/mol. The zero-order valence-electron chi connectivity index (χ0n) is 15.0. The van der Waals surface area contributed by atoms with Crippen LogP contribution in [0.3, 0.4) is 0 Å². The zero-order chi connectivity index (χ0) is 17.8. The average molecular weight is 349 g/mol. The molecule has 6 heteroatoms.